The number of nitrogen functional groups attached to an aromatic ring is 1. The van der Waals surface area contributed by atoms with E-state index in [1.165, 1.54) is 11.3 Å². The number of benzene rings is 2. The fourth-order valence-electron chi connectivity index (χ4n) is 2.29. The van der Waals surface area contributed by atoms with Crippen molar-refractivity contribution in [3.05, 3.63) is 64.4 Å². The third kappa shape index (κ3) is 9.34. The Kier molecular flexibility index (Phi) is 10.4. The van der Waals surface area contributed by atoms with Gasteiger partial charge in [-0.2, -0.15) is 24.3 Å². The lowest BCUT2D eigenvalue weighted by atomic mass is 10.1. The van der Waals surface area contributed by atoms with Gasteiger partial charge in [-0.3, -0.25) is 0 Å². The van der Waals surface area contributed by atoms with Crippen LogP contribution in [0.2, 0.25) is 15.9 Å². The normalized spacial score (nSPS) is 11.5. The second kappa shape index (κ2) is 12.7. The Bertz CT molecular complexity index is 964. The fraction of sp³-hybridized carbons (Fsp3) is 0.211. The number of anilines is 1. The summed E-state index contributed by atoms with van der Waals surface area (Å²) in [5.41, 5.74) is 8.78. The van der Waals surface area contributed by atoms with Crippen LogP contribution in [0.1, 0.15) is 0 Å². The van der Waals surface area contributed by atoms with E-state index in [4.69, 9.17) is 49.6 Å². The second-order valence-corrected chi connectivity index (χ2v) is 7.90. The van der Waals surface area contributed by atoms with E-state index in [1.54, 1.807) is 7.05 Å². The Morgan fingerprint density at radius 2 is 1.55 bits per heavy atom. The Morgan fingerprint density at radius 1 is 0.968 bits per heavy atom. The van der Waals surface area contributed by atoms with Crippen molar-refractivity contribution >= 4 is 51.6 Å². The van der Waals surface area contributed by atoms with Gasteiger partial charge in [0.05, 0.1) is 12.2 Å². The molecule has 0 saturated carbocycles. The van der Waals surface area contributed by atoms with Gasteiger partial charge in [-0.1, -0.05) is 36.4 Å². The summed E-state index contributed by atoms with van der Waals surface area (Å²) in [5, 5.41) is 1.48. The second-order valence-electron chi connectivity index (χ2n) is 5.94. The molecular weight excluding hydrogens is 485 g/mol. The molecule has 0 aliphatic rings. The molecule has 0 aliphatic heterocycles. The van der Waals surface area contributed by atoms with Crippen LogP contribution in [0.4, 0.5) is 5.69 Å². The molecule has 8 nitrogen and oxygen atoms in total. The highest BCUT2D eigenvalue weighted by Crippen LogP contribution is 2.28. The minimum atomic E-state index is -1.33. The Balaban J connectivity index is 0.000000316. The molecule has 0 radical (unpaired) electrons. The summed E-state index contributed by atoms with van der Waals surface area (Å²) in [7, 11) is 1.70. The highest BCUT2D eigenvalue weighted by atomic mass is 35.5. The zero-order valence-corrected chi connectivity index (χ0v) is 19.8. The molecule has 0 spiro atoms. The third-order valence-corrected chi connectivity index (χ3v) is 4.54. The molecule has 1 unspecified atom stereocenters. The SMILES string of the molecule is CN(CCOc1ccc(-c2ccccc2)cc1N)OS(C)=O.Clc1nc(Cl)nc(Cl)n1. The maximum Gasteiger partial charge on any atom is 0.227 e. The van der Waals surface area contributed by atoms with Crippen LogP contribution >= 0.6 is 34.8 Å². The molecule has 0 bridgehead atoms. The highest BCUT2D eigenvalue weighted by molar-refractivity contribution is 7.79. The van der Waals surface area contributed by atoms with Crippen LogP contribution in [0, 0.1) is 0 Å². The van der Waals surface area contributed by atoms with Crippen LogP contribution in [-0.4, -0.2) is 50.7 Å². The fourth-order valence-corrected chi connectivity index (χ4v) is 3.34. The summed E-state index contributed by atoms with van der Waals surface area (Å²) < 4.78 is 21.5. The van der Waals surface area contributed by atoms with E-state index in [1.807, 2.05) is 48.5 Å². The van der Waals surface area contributed by atoms with E-state index in [-0.39, 0.29) is 15.9 Å². The Hall–Kier alpha value is -2.01. The van der Waals surface area contributed by atoms with E-state index in [0.29, 0.717) is 24.6 Å². The lowest BCUT2D eigenvalue weighted by molar-refractivity contribution is -0.0246. The van der Waals surface area contributed by atoms with Gasteiger partial charge >= 0.3 is 0 Å². The number of hydrogen-bond donors (Lipinski definition) is 1. The van der Waals surface area contributed by atoms with Crippen LogP contribution in [0.15, 0.2) is 48.5 Å². The molecule has 1 aromatic heterocycles. The molecule has 3 rings (SSSR count). The largest absolute Gasteiger partial charge is 0.490 e. The Morgan fingerprint density at radius 3 is 2.06 bits per heavy atom. The van der Waals surface area contributed by atoms with Crippen LogP contribution in [0.3, 0.4) is 0 Å². The van der Waals surface area contributed by atoms with Gasteiger partial charge < -0.3 is 10.5 Å². The van der Waals surface area contributed by atoms with Crippen molar-refractivity contribution in [3.8, 4) is 16.9 Å². The minimum Gasteiger partial charge on any atom is -0.490 e. The number of aromatic nitrogens is 3. The summed E-state index contributed by atoms with van der Waals surface area (Å²) in [6, 6.07) is 15.8. The van der Waals surface area contributed by atoms with Gasteiger partial charge in [-0.15, -0.1) is 0 Å². The summed E-state index contributed by atoms with van der Waals surface area (Å²) in [5.74, 6) is 0.630. The maximum absolute atomic E-state index is 10.9. The molecule has 3 aromatic rings. The smallest absolute Gasteiger partial charge is 0.227 e. The van der Waals surface area contributed by atoms with Crippen molar-refractivity contribution in [2.24, 2.45) is 0 Å². The summed E-state index contributed by atoms with van der Waals surface area (Å²) in [6.07, 6.45) is 1.47. The van der Waals surface area contributed by atoms with E-state index in [2.05, 4.69) is 15.0 Å². The molecule has 12 heteroatoms. The molecule has 2 N–H and O–H groups in total. The lowest BCUT2D eigenvalue weighted by Crippen LogP contribution is -2.25. The van der Waals surface area contributed by atoms with Gasteiger partial charge in [0.2, 0.25) is 15.9 Å². The highest BCUT2D eigenvalue weighted by Gasteiger charge is 2.06. The number of hydrogen-bond acceptors (Lipinski definition) is 8. The van der Waals surface area contributed by atoms with Crippen molar-refractivity contribution in [2.45, 2.75) is 0 Å². The monoisotopic (exact) mass is 503 g/mol. The van der Waals surface area contributed by atoms with Crippen molar-refractivity contribution in [1.29, 1.82) is 0 Å². The molecule has 2 aromatic carbocycles. The summed E-state index contributed by atoms with van der Waals surface area (Å²) in [4.78, 5) is 10.4. The molecule has 1 atom stereocenters. The standard InChI is InChI=1S/C16H20N2O3S.C3Cl3N3/c1-18(21-22(2)19)10-11-20-16-9-8-14(12-15(16)17)13-6-4-3-5-7-13;4-1-7-2(5)9-3(6)8-1/h3-9,12H,10-11,17H2,1-2H3;. The number of likely N-dealkylation sites (N-methyl/N-ethyl adjacent to an activating group) is 1. The summed E-state index contributed by atoms with van der Waals surface area (Å²) >= 11 is 14.6. The van der Waals surface area contributed by atoms with Gasteiger partial charge in [0.1, 0.15) is 12.4 Å². The molecule has 0 fully saturated rings. The predicted molar refractivity (Wildman–Crippen MR) is 124 cm³/mol. The molecule has 0 aliphatic carbocycles. The maximum atomic E-state index is 10.9. The van der Waals surface area contributed by atoms with E-state index in [0.717, 1.165) is 11.1 Å². The van der Waals surface area contributed by atoms with Crippen molar-refractivity contribution < 1.29 is 13.2 Å². The first-order valence-corrected chi connectivity index (χ1v) is 11.4. The lowest BCUT2D eigenvalue weighted by Gasteiger charge is -2.15. The molecule has 166 valence electrons. The van der Waals surface area contributed by atoms with Gasteiger partial charge in [-0.05, 0) is 58.1 Å². The topological polar surface area (TPSA) is 103 Å². The van der Waals surface area contributed by atoms with Gasteiger partial charge in [0.15, 0.2) is 11.1 Å². The van der Waals surface area contributed by atoms with Crippen LogP contribution in [-0.2, 0) is 15.4 Å². The van der Waals surface area contributed by atoms with Crippen molar-refractivity contribution in [2.75, 3.05) is 32.2 Å². The average Bonchev–Trinajstić information content (AvgIpc) is 2.69. The van der Waals surface area contributed by atoms with Gasteiger partial charge in [0, 0.05) is 13.3 Å². The Labute approximate surface area is 197 Å². The summed E-state index contributed by atoms with van der Waals surface area (Å²) in [6.45, 7) is 0.877. The van der Waals surface area contributed by atoms with E-state index < -0.39 is 11.1 Å². The molecule has 1 heterocycles. The zero-order valence-electron chi connectivity index (χ0n) is 16.7. The minimum absolute atomic E-state index is 0.000000000000000444. The number of ether oxygens (including phenoxy) is 1. The number of halogens is 3. The predicted octanol–water partition coefficient (Wildman–Crippen LogP) is 4.30. The van der Waals surface area contributed by atoms with Crippen LogP contribution < -0.4 is 10.5 Å². The first kappa shape index (κ1) is 25.3. The first-order chi connectivity index (χ1) is 14.7. The average molecular weight is 505 g/mol. The zero-order chi connectivity index (χ0) is 22.8. The van der Waals surface area contributed by atoms with E-state index >= 15 is 0 Å². The van der Waals surface area contributed by atoms with E-state index in [9.17, 15) is 4.21 Å². The molecule has 0 saturated heterocycles. The number of nitrogens with two attached hydrogens (primary N) is 1. The molecule has 0 amide bonds. The number of rotatable bonds is 7. The first-order valence-electron chi connectivity index (χ1n) is 8.78. The van der Waals surface area contributed by atoms with Gasteiger partial charge in [-0.25, -0.2) is 4.21 Å². The molecular formula is C19H20Cl3N5O3S. The number of hydroxylamine groups is 2. The van der Waals surface area contributed by atoms with Gasteiger partial charge in [0.25, 0.3) is 0 Å². The molecule has 31 heavy (non-hydrogen) atoms. The third-order valence-electron chi connectivity index (χ3n) is 3.57. The quantitative estimate of drug-likeness (QED) is 0.375. The van der Waals surface area contributed by atoms with Crippen molar-refractivity contribution in [3.63, 3.8) is 0 Å². The van der Waals surface area contributed by atoms with Crippen molar-refractivity contribution in [1.82, 2.24) is 20.0 Å². The van der Waals surface area contributed by atoms with Crippen LogP contribution in [0.25, 0.3) is 11.1 Å². The number of nitrogens with zero attached hydrogens (tertiary/aromatic N) is 4. The van der Waals surface area contributed by atoms with Crippen LogP contribution in [0.5, 0.6) is 5.75 Å².